The van der Waals surface area contributed by atoms with E-state index in [1.165, 1.54) is 6.07 Å². The standard InChI is InChI=1S/C4H2BrNO2S/c5-3-1-4(6(7)8)9-2-3/h1-2H. The molecule has 0 aliphatic rings. The first-order valence-electron chi connectivity index (χ1n) is 2.08. The SMILES string of the molecule is O=[N+]([O-])c1cc(Br)cs1. The summed E-state index contributed by atoms with van der Waals surface area (Å²) in [4.78, 5) is 9.60. The Kier molecular flexibility index (Phi) is 1.82. The van der Waals surface area contributed by atoms with E-state index in [0.29, 0.717) is 0 Å². The minimum atomic E-state index is -0.407. The van der Waals surface area contributed by atoms with E-state index in [-0.39, 0.29) is 5.00 Å². The first-order chi connectivity index (χ1) is 4.20. The van der Waals surface area contributed by atoms with Gasteiger partial charge in [-0.3, -0.25) is 10.1 Å². The average molecular weight is 208 g/mol. The molecular weight excluding hydrogens is 206 g/mol. The first kappa shape index (κ1) is 6.70. The summed E-state index contributed by atoms with van der Waals surface area (Å²) in [7, 11) is 0. The molecule has 0 fully saturated rings. The highest BCUT2D eigenvalue weighted by atomic mass is 79.9. The number of halogens is 1. The molecule has 1 rings (SSSR count). The molecule has 5 heteroatoms. The van der Waals surface area contributed by atoms with Crippen LogP contribution in [0.25, 0.3) is 0 Å². The van der Waals surface area contributed by atoms with E-state index in [2.05, 4.69) is 15.9 Å². The molecule has 0 spiro atoms. The van der Waals surface area contributed by atoms with E-state index in [9.17, 15) is 10.1 Å². The van der Waals surface area contributed by atoms with Crippen LogP contribution in [0.3, 0.4) is 0 Å². The highest BCUT2D eigenvalue weighted by molar-refractivity contribution is 9.10. The minimum absolute atomic E-state index is 0.168. The fourth-order valence-corrected chi connectivity index (χ4v) is 1.63. The molecule has 1 aromatic heterocycles. The van der Waals surface area contributed by atoms with E-state index in [1.54, 1.807) is 5.38 Å². The van der Waals surface area contributed by atoms with E-state index < -0.39 is 4.92 Å². The number of hydrogen-bond acceptors (Lipinski definition) is 3. The van der Waals surface area contributed by atoms with Gasteiger partial charge in [-0.05, 0) is 15.9 Å². The molecule has 0 radical (unpaired) electrons. The quantitative estimate of drug-likeness (QED) is 0.525. The predicted octanol–water partition coefficient (Wildman–Crippen LogP) is 2.42. The molecule has 0 amide bonds. The molecule has 0 aliphatic carbocycles. The van der Waals surface area contributed by atoms with Crippen LogP contribution >= 0.6 is 27.3 Å². The second-order valence-electron chi connectivity index (χ2n) is 1.36. The summed E-state index contributed by atoms with van der Waals surface area (Å²) < 4.78 is 0.763. The molecule has 3 nitrogen and oxygen atoms in total. The normalized spacial score (nSPS) is 9.44. The Bertz CT molecular complexity index is 234. The van der Waals surface area contributed by atoms with Gasteiger partial charge in [0.2, 0.25) is 0 Å². The summed E-state index contributed by atoms with van der Waals surface area (Å²) in [5, 5.41) is 11.9. The van der Waals surface area contributed by atoms with Crippen molar-refractivity contribution < 1.29 is 4.92 Å². The van der Waals surface area contributed by atoms with Gasteiger partial charge in [0, 0.05) is 15.9 Å². The fourth-order valence-electron chi connectivity index (χ4n) is 0.398. The Hall–Kier alpha value is -0.420. The van der Waals surface area contributed by atoms with Gasteiger partial charge < -0.3 is 0 Å². The van der Waals surface area contributed by atoms with Gasteiger partial charge in [-0.15, -0.1) is 0 Å². The molecule has 9 heavy (non-hydrogen) atoms. The van der Waals surface area contributed by atoms with Crippen LogP contribution in [0.2, 0.25) is 0 Å². The number of nitro groups is 1. The molecule has 1 aromatic rings. The lowest BCUT2D eigenvalue weighted by molar-refractivity contribution is -0.380. The van der Waals surface area contributed by atoms with E-state index >= 15 is 0 Å². The number of nitrogens with zero attached hydrogens (tertiary/aromatic N) is 1. The zero-order chi connectivity index (χ0) is 6.85. The molecule has 0 aliphatic heterocycles. The number of hydrogen-bond donors (Lipinski definition) is 0. The lowest BCUT2D eigenvalue weighted by Gasteiger charge is -1.77. The molecule has 48 valence electrons. The third-order valence-corrected chi connectivity index (χ3v) is 2.37. The zero-order valence-electron chi connectivity index (χ0n) is 4.20. The molecule has 0 saturated heterocycles. The van der Waals surface area contributed by atoms with Crippen LogP contribution in [0, 0.1) is 10.1 Å². The predicted molar refractivity (Wildman–Crippen MR) is 38.7 cm³/mol. The topological polar surface area (TPSA) is 43.1 Å². The van der Waals surface area contributed by atoms with Gasteiger partial charge in [0.25, 0.3) is 0 Å². The maximum Gasteiger partial charge on any atom is 0.325 e. The largest absolute Gasteiger partial charge is 0.325 e. The molecule has 1 heterocycles. The molecule has 0 saturated carbocycles. The Morgan fingerprint density at radius 3 is 2.67 bits per heavy atom. The van der Waals surface area contributed by atoms with Crippen LogP contribution in [0.5, 0.6) is 0 Å². The Labute approximate surface area is 63.6 Å². The van der Waals surface area contributed by atoms with Gasteiger partial charge in [-0.25, -0.2) is 0 Å². The summed E-state index contributed by atoms with van der Waals surface area (Å²) in [5.74, 6) is 0. The van der Waals surface area contributed by atoms with Crippen molar-refractivity contribution in [1.82, 2.24) is 0 Å². The van der Waals surface area contributed by atoms with Crippen molar-refractivity contribution >= 4 is 32.3 Å². The average Bonchev–Trinajstić information content (AvgIpc) is 2.14. The van der Waals surface area contributed by atoms with Crippen LogP contribution in [0.4, 0.5) is 5.00 Å². The van der Waals surface area contributed by atoms with Gasteiger partial charge in [-0.1, -0.05) is 11.3 Å². The monoisotopic (exact) mass is 207 g/mol. The lowest BCUT2D eigenvalue weighted by atomic mass is 10.6. The van der Waals surface area contributed by atoms with Gasteiger partial charge in [0.15, 0.2) is 0 Å². The van der Waals surface area contributed by atoms with E-state index in [1.807, 2.05) is 0 Å². The minimum Gasteiger partial charge on any atom is -0.258 e. The van der Waals surface area contributed by atoms with Crippen molar-refractivity contribution in [2.24, 2.45) is 0 Å². The summed E-state index contributed by atoms with van der Waals surface area (Å²) >= 11 is 4.22. The Morgan fingerprint density at radius 1 is 1.78 bits per heavy atom. The zero-order valence-corrected chi connectivity index (χ0v) is 6.61. The number of thiophene rings is 1. The third-order valence-electron chi connectivity index (χ3n) is 0.734. The maximum absolute atomic E-state index is 10.0. The van der Waals surface area contributed by atoms with Crippen LogP contribution in [0.15, 0.2) is 15.9 Å². The second kappa shape index (κ2) is 2.45. The van der Waals surface area contributed by atoms with Crippen LogP contribution in [0.1, 0.15) is 0 Å². The molecule has 0 N–H and O–H groups in total. The Morgan fingerprint density at radius 2 is 2.44 bits per heavy atom. The van der Waals surface area contributed by atoms with Gasteiger partial charge in [0.1, 0.15) is 0 Å². The van der Waals surface area contributed by atoms with Crippen molar-refractivity contribution in [2.45, 2.75) is 0 Å². The third kappa shape index (κ3) is 1.49. The summed E-state index contributed by atoms with van der Waals surface area (Å²) in [5.41, 5.74) is 0. The maximum atomic E-state index is 10.0. The summed E-state index contributed by atoms with van der Waals surface area (Å²) in [6, 6.07) is 1.48. The van der Waals surface area contributed by atoms with Crippen molar-refractivity contribution in [3.8, 4) is 0 Å². The highest BCUT2D eigenvalue weighted by Gasteiger charge is 2.06. The first-order valence-corrected chi connectivity index (χ1v) is 3.76. The van der Waals surface area contributed by atoms with Crippen molar-refractivity contribution in [1.29, 1.82) is 0 Å². The van der Waals surface area contributed by atoms with Crippen LogP contribution < -0.4 is 0 Å². The molecule has 0 bridgehead atoms. The van der Waals surface area contributed by atoms with Crippen LogP contribution in [-0.2, 0) is 0 Å². The van der Waals surface area contributed by atoms with Crippen molar-refractivity contribution in [2.75, 3.05) is 0 Å². The highest BCUT2D eigenvalue weighted by Crippen LogP contribution is 2.25. The summed E-state index contributed by atoms with van der Waals surface area (Å²) in [6.45, 7) is 0. The van der Waals surface area contributed by atoms with Crippen molar-refractivity contribution in [3.63, 3.8) is 0 Å². The van der Waals surface area contributed by atoms with Gasteiger partial charge in [0.05, 0.1) is 4.92 Å². The van der Waals surface area contributed by atoms with E-state index in [4.69, 9.17) is 0 Å². The van der Waals surface area contributed by atoms with Crippen LogP contribution in [-0.4, -0.2) is 4.92 Å². The molecule has 0 aromatic carbocycles. The van der Waals surface area contributed by atoms with Gasteiger partial charge >= 0.3 is 5.00 Å². The fraction of sp³-hybridized carbons (Fsp3) is 0. The second-order valence-corrected chi connectivity index (χ2v) is 3.17. The van der Waals surface area contributed by atoms with Gasteiger partial charge in [-0.2, -0.15) is 0 Å². The van der Waals surface area contributed by atoms with Crippen molar-refractivity contribution in [3.05, 3.63) is 26.0 Å². The molecule has 0 unspecified atom stereocenters. The molecular formula is C4H2BrNO2S. The molecule has 0 atom stereocenters. The van der Waals surface area contributed by atoms with E-state index in [0.717, 1.165) is 15.8 Å². The number of rotatable bonds is 1. The Balaban J connectivity index is 2.98. The smallest absolute Gasteiger partial charge is 0.258 e. The lowest BCUT2D eigenvalue weighted by Crippen LogP contribution is -1.80. The summed E-state index contributed by atoms with van der Waals surface area (Å²) in [6.07, 6.45) is 0.